The van der Waals surface area contributed by atoms with Gasteiger partial charge in [-0.25, -0.2) is 4.98 Å². The normalized spacial score (nSPS) is 10.7. The van der Waals surface area contributed by atoms with Crippen LogP contribution in [0.3, 0.4) is 0 Å². The number of rotatable bonds is 5. The monoisotopic (exact) mass is 423 g/mol. The van der Waals surface area contributed by atoms with E-state index in [-0.39, 0.29) is 11.0 Å². The number of benzene rings is 2. The van der Waals surface area contributed by atoms with Gasteiger partial charge in [-0.2, -0.15) is 0 Å². The molecule has 0 aliphatic carbocycles. The molecule has 146 valence electrons. The van der Waals surface area contributed by atoms with Gasteiger partial charge in [0, 0.05) is 16.3 Å². The molecule has 29 heavy (non-hydrogen) atoms. The number of hydrogen-bond donors (Lipinski definition) is 2. The summed E-state index contributed by atoms with van der Waals surface area (Å²) in [6, 6.07) is 16.6. The molecule has 0 atom stereocenters. The molecule has 0 radical (unpaired) electrons. The second-order valence-corrected chi connectivity index (χ2v) is 7.32. The van der Waals surface area contributed by atoms with Gasteiger partial charge in [0.1, 0.15) is 17.0 Å². The van der Waals surface area contributed by atoms with Crippen molar-refractivity contribution in [1.82, 2.24) is 10.3 Å². The van der Waals surface area contributed by atoms with E-state index in [9.17, 15) is 4.79 Å². The Bertz CT molecular complexity index is 1130. The third kappa shape index (κ3) is 4.44. The van der Waals surface area contributed by atoms with Crippen LogP contribution < -0.4 is 15.4 Å². The lowest BCUT2D eigenvalue weighted by atomic mass is 10.2. The molecule has 8 heteroatoms. The lowest BCUT2D eigenvalue weighted by molar-refractivity contribution is 0.0977. The number of carbonyl (C=O) groups is 1. The highest BCUT2D eigenvalue weighted by Crippen LogP contribution is 2.30. The molecule has 4 rings (SSSR count). The van der Waals surface area contributed by atoms with E-state index in [0.717, 1.165) is 11.0 Å². The Kier molecular flexibility index (Phi) is 5.55. The molecule has 0 bridgehead atoms. The third-order valence-electron chi connectivity index (χ3n) is 4.06. The summed E-state index contributed by atoms with van der Waals surface area (Å²) < 4.78 is 11.2. The van der Waals surface area contributed by atoms with Crippen molar-refractivity contribution < 1.29 is 13.9 Å². The van der Waals surface area contributed by atoms with Gasteiger partial charge in [0.25, 0.3) is 5.91 Å². The van der Waals surface area contributed by atoms with Crippen LogP contribution in [0.15, 0.2) is 64.4 Å². The van der Waals surface area contributed by atoms with Crippen LogP contribution in [0.4, 0.5) is 5.13 Å². The number of furan rings is 1. The first-order chi connectivity index (χ1) is 14.1. The highest BCUT2D eigenvalue weighted by molar-refractivity contribution is 7.80. The average Bonchev–Trinajstić information content (AvgIpc) is 3.35. The van der Waals surface area contributed by atoms with Crippen molar-refractivity contribution in [2.45, 2.75) is 6.92 Å². The Morgan fingerprint density at radius 1 is 1.21 bits per heavy atom. The number of para-hydroxylation sites is 1. The maximum atomic E-state index is 12.3. The van der Waals surface area contributed by atoms with Crippen LogP contribution in [0.25, 0.3) is 22.4 Å². The fraction of sp³-hybridized carbons (Fsp3) is 0.0952. The number of amides is 1. The Balaban J connectivity index is 1.39. The van der Waals surface area contributed by atoms with Crippen LogP contribution in [0, 0.1) is 0 Å². The Morgan fingerprint density at radius 3 is 2.76 bits per heavy atom. The van der Waals surface area contributed by atoms with Crippen LogP contribution in [-0.2, 0) is 0 Å². The van der Waals surface area contributed by atoms with Crippen molar-refractivity contribution in [2.24, 2.45) is 0 Å². The van der Waals surface area contributed by atoms with Gasteiger partial charge in [0.2, 0.25) is 0 Å². The molecule has 0 aliphatic rings. The zero-order chi connectivity index (χ0) is 20.2. The zero-order valence-corrected chi connectivity index (χ0v) is 17.1. The first kappa shape index (κ1) is 19.1. The van der Waals surface area contributed by atoms with Crippen LogP contribution >= 0.6 is 23.6 Å². The molecule has 2 N–H and O–H groups in total. The second kappa shape index (κ2) is 8.42. The number of fused-ring (bicyclic) bond motifs is 1. The summed E-state index contributed by atoms with van der Waals surface area (Å²) in [6.07, 6.45) is 0. The van der Waals surface area contributed by atoms with Crippen molar-refractivity contribution >= 4 is 50.7 Å². The lowest BCUT2D eigenvalue weighted by Gasteiger charge is -2.08. The van der Waals surface area contributed by atoms with Crippen molar-refractivity contribution in [1.29, 1.82) is 0 Å². The Hall–Kier alpha value is -3.23. The Labute approximate surface area is 176 Å². The van der Waals surface area contributed by atoms with E-state index in [2.05, 4.69) is 15.6 Å². The number of thiazole rings is 1. The molecular formula is C21H17N3O3S2. The molecule has 0 saturated carbocycles. The number of carbonyl (C=O) groups excluding carboxylic acids is 1. The molecule has 4 aromatic rings. The molecule has 2 aromatic carbocycles. The molecule has 0 fully saturated rings. The number of nitrogens with zero attached hydrogens (tertiary/aromatic N) is 1. The van der Waals surface area contributed by atoms with Crippen LogP contribution in [0.1, 0.15) is 17.3 Å². The van der Waals surface area contributed by atoms with Gasteiger partial charge in [-0.3, -0.25) is 10.1 Å². The van der Waals surface area contributed by atoms with Crippen molar-refractivity contribution in [3.8, 4) is 17.2 Å². The quantitative estimate of drug-likeness (QED) is 0.436. The average molecular weight is 424 g/mol. The van der Waals surface area contributed by atoms with Crippen LogP contribution in [0.2, 0.25) is 0 Å². The van der Waals surface area contributed by atoms with Crippen LogP contribution in [-0.4, -0.2) is 22.6 Å². The highest BCUT2D eigenvalue weighted by Gasteiger charge is 2.12. The van der Waals surface area contributed by atoms with Gasteiger partial charge in [0.15, 0.2) is 16.0 Å². The van der Waals surface area contributed by atoms with Crippen LogP contribution in [0.5, 0.6) is 5.75 Å². The molecular weight excluding hydrogens is 406 g/mol. The van der Waals surface area contributed by atoms with Gasteiger partial charge in [-0.05, 0) is 55.5 Å². The smallest absolute Gasteiger partial charge is 0.257 e. The van der Waals surface area contributed by atoms with Gasteiger partial charge < -0.3 is 14.5 Å². The molecule has 2 aromatic heterocycles. The summed E-state index contributed by atoms with van der Waals surface area (Å²) in [7, 11) is 0. The van der Waals surface area contributed by atoms with E-state index in [0.29, 0.717) is 34.5 Å². The summed E-state index contributed by atoms with van der Waals surface area (Å²) >= 11 is 6.61. The molecule has 0 unspecified atom stereocenters. The number of ether oxygens (including phenoxy) is 1. The maximum absolute atomic E-state index is 12.3. The molecule has 1 amide bonds. The molecule has 2 heterocycles. The van der Waals surface area contributed by atoms with E-state index in [4.69, 9.17) is 21.4 Å². The Morgan fingerprint density at radius 2 is 2.00 bits per heavy atom. The lowest BCUT2D eigenvalue weighted by Crippen LogP contribution is -2.34. The molecule has 0 saturated heterocycles. The zero-order valence-electron chi connectivity index (χ0n) is 15.5. The van der Waals surface area contributed by atoms with E-state index >= 15 is 0 Å². The second-order valence-electron chi connectivity index (χ2n) is 6.05. The molecule has 0 spiro atoms. The summed E-state index contributed by atoms with van der Waals surface area (Å²) in [5, 5.41) is 9.22. The third-order valence-corrected chi connectivity index (χ3v) is 5.02. The number of nitrogens with one attached hydrogen (secondary N) is 2. The number of anilines is 1. The topological polar surface area (TPSA) is 76.4 Å². The van der Waals surface area contributed by atoms with E-state index < -0.39 is 0 Å². The van der Waals surface area contributed by atoms with Crippen molar-refractivity contribution in [2.75, 3.05) is 11.9 Å². The fourth-order valence-electron chi connectivity index (χ4n) is 2.73. The molecule has 0 aliphatic heterocycles. The van der Waals surface area contributed by atoms with Crippen molar-refractivity contribution in [3.05, 3.63) is 65.5 Å². The predicted molar refractivity (Wildman–Crippen MR) is 119 cm³/mol. The minimum absolute atomic E-state index is 0.175. The highest BCUT2D eigenvalue weighted by atomic mass is 32.1. The summed E-state index contributed by atoms with van der Waals surface area (Å²) in [4.78, 5) is 16.8. The van der Waals surface area contributed by atoms with E-state index in [1.807, 2.05) is 42.6 Å². The van der Waals surface area contributed by atoms with Gasteiger partial charge in [-0.15, -0.1) is 11.3 Å². The largest absolute Gasteiger partial charge is 0.494 e. The first-order valence-corrected chi connectivity index (χ1v) is 10.2. The fourth-order valence-corrected chi connectivity index (χ4v) is 3.68. The van der Waals surface area contributed by atoms with E-state index in [1.54, 1.807) is 24.3 Å². The predicted octanol–water partition coefficient (Wildman–Crippen LogP) is 5.08. The minimum Gasteiger partial charge on any atom is -0.494 e. The number of thiocarbonyl (C=S) groups is 1. The summed E-state index contributed by atoms with van der Waals surface area (Å²) in [6.45, 7) is 2.48. The molecule has 6 nitrogen and oxygen atoms in total. The first-order valence-electron chi connectivity index (χ1n) is 8.92. The number of hydrogen-bond acceptors (Lipinski definition) is 6. The standard InChI is InChI=1S/C21H17N3O3S2/c1-2-26-15-9-7-13(8-10-15)19(25)23-20(28)24-21-22-16(12-29-21)18-11-14-5-3-4-6-17(14)27-18/h3-12H,2H2,1H3,(H2,22,23,24,25,28). The van der Waals surface area contributed by atoms with Gasteiger partial charge in [0.05, 0.1) is 6.61 Å². The maximum Gasteiger partial charge on any atom is 0.257 e. The summed E-state index contributed by atoms with van der Waals surface area (Å²) in [5.74, 6) is 1.09. The number of aromatic nitrogens is 1. The minimum atomic E-state index is -0.306. The van der Waals surface area contributed by atoms with Crippen molar-refractivity contribution in [3.63, 3.8) is 0 Å². The van der Waals surface area contributed by atoms with Gasteiger partial charge in [-0.1, -0.05) is 18.2 Å². The SMILES string of the molecule is CCOc1ccc(C(=O)NC(=S)Nc2nc(-c3cc4ccccc4o3)cs2)cc1. The summed E-state index contributed by atoms with van der Waals surface area (Å²) in [5.41, 5.74) is 2.00. The van der Waals surface area contributed by atoms with Gasteiger partial charge >= 0.3 is 0 Å². The van der Waals surface area contributed by atoms with E-state index in [1.165, 1.54) is 11.3 Å².